The Hall–Kier alpha value is -3.83. The van der Waals surface area contributed by atoms with E-state index in [4.69, 9.17) is 28.4 Å². The Labute approximate surface area is 403 Å². The molecule has 0 aromatic heterocycles. The fraction of sp³-hybridized carbons (Fsp3) is 0.717. The van der Waals surface area contributed by atoms with Crippen LogP contribution in [-0.2, 0) is 47.6 Å². The number of aryl methyl sites for hydroxylation is 2. The van der Waals surface area contributed by atoms with Crippen LogP contribution in [-0.4, -0.2) is 138 Å². The van der Waals surface area contributed by atoms with Gasteiger partial charge in [-0.25, -0.2) is 4.79 Å². The number of hydrogen-bond donors (Lipinski definition) is 3. The zero-order chi connectivity index (χ0) is 50.2. The SMILES string of the molecule is CCC1C=C(C)CC(C)CC(OC)C2OC(O)(C(=O)C(=O)N3CCCCC3C(=O)OC(C(C)=CC3CCC(OCC(=O)c4cc(C)c(O)c(C)c4)C(OC)C3)C(C)C(O)CC1=O)C(C)CC2OC. The third-order valence-electron chi connectivity index (χ3n) is 15.1. The number of methoxy groups -OCH3 is 3. The molecule has 3 heterocycles. The topological polar surface area (TPSA) is 205 Å². The van der Waals surface area contributed by atoms with E-state index in [-0.39, 0.29) is 73.8 Å². The Kier molecular flexibility index (Phi) is 19.7. The molecule has 3 aliphatic heterocycles. The number of piperidine rings is 1. The van der Waals surface area contributed by atoms with Crippen molar-refractivity contribution in [3.63, 3.8) is 0 Å². The van der Waals surface area contributed by atoms with Crippen LogP contribution in [0.2, 0.25) is 0 Å². The van der Waals surface area contributed by atoms with Crippen molar-refractivity contribution < 1.29 is 67.7 Å². The smallest absolute Gasteiger partial charge is 0.329 e. The molecule has 14 unspecified atom stereocenters. The number of cyclic esters (lactones) is 1. The van der Waals surface area contributed by atoms with Crippen LogP contribution in [0.5, 0.6) is 5.75 Å². The summed E-state index contributed by atoms with van der Waals surface area (Å²) in [5.41, 5.74) is 3.28. The Morgan fingerprint density at radius 3 is 2.16 bits per heavy atom. The van der Waals surface area contributed by atoms with E-state index in [9.17, 15) is 39.3 Å². The van der Waals surface area contributed by atoms with E-state index in [2.05, 4.69) is 0 Å². The van der Waals surface area contributed by atoms with Gasteiger partial charge in [-0.2, -0.15) is 0 Å². The van der Waals surface area contributed by atoms with Gasteiger partial charge in [-0.1, -0.05) is 45.4 Å². The summed E-state index contributed by atoms with van der Waals surface area (Å²) < 4.78 is 36.5. The van der Waals surface area contributed by atoms with Gasteiger partial charge < -0.3 is 48.6 Å². The lowest BCUT2D eigenvalue weighted by Gasteiger charge is -2.47. The lowest BCUT2D eigenvalue weighted by molar-refractivity contribution is -0.302. The fourth-order valence-corrected chi connectivity index (χ4v) is 10.9. The number of esters is 1. The standard InChI is InChI=1S/C53H79NO14/c1-12-37-20-29(2)19-30(3)21-45(64-10)49-46(65-11)25-34(7)53(62,68-49)50(59)51(60)54-18-14-13-15-39(54)52(61)67-48(35(8)40(55)27-41(37)56)33(6)22-36-16-17-43(44(26-36)63-9)66-28-42(57)38-23-31(4)47(58)32(5)24-38/h20,22-24,30,34-37,39-40,43-46,48-49,55,58,62H,12-19,21,25-28H2,1-11H3. The van der Waals surface area contributed by atoms with Crippen LogP contribution in [0.4, 0.5) is 0 Å². The van der Waals surface area contributed by atoms with Crippen molar-refractivity contribution in [2.24, 2.45) is 29.6 Å². The van der Waals surface area contributed by atoms with E-state index >= 15 is 0 Å². The normalized spacial score (nSPS) is 35.5. The van der Waals surface area contributed by atoms with Gasteiger partial charge in [-0.3, -0.25) is 19.2 Å². The molecule has 5 rings (SSSR count). The summed E-state index contributed by atoms with van der Waals surface area (Å²) in [4.78, 5) is 71.6. The molecule has 1 aromatic carbocycles. The third kappa shape index (κ3) is 12.9. The molecule has 68 heavy (non-hydrogen) atoms. The minimum Gasteiger partial charge on any atom is -0.507 e. The zero-order valence-corrected chi connectivity index (χ0v) is 42.3. The first-order valence-electron chi connectivity index (χ1n) is 24.7. The van der Waals surface area contributed by atoms with Gasteiger partial charge in [-0.05, 0) is 133 Å². The van der Waals surface area contributed by atoms with Crippen LogP contribution in [0.1, 0.15) is 134 Å². The number of aliphatic hydroxyl groups excluding tert-OH is 1. The fourth-order valence-electron chi connectivity index (χ4n) is 10.9. The zero-order valence-electron chi connectivity index (χ0n) is 42.3. The molecule has 0 spiro atoms. The second-order valence-corrected chi connectivity index (χ2v) is 20.3. The quantitative estimate of drug-likeness (QED) is 0.0967. The van der Waals surface area contributed by atoms with E-state index in [1.54, 1.807) is 46.9 Å². The van der Waals surface area contributed by atoms with Gasteiger partial charge in [0.05, 0.1) is 30.5 Å². The monoisotopic (exact) mass is 954 g/mol. The molecule has 0 radical (unpaired) electrons. The minimum atomic E-state index is -2.53. The highest BCUT2D eigenvalue weighted by Gasteiger charge is 2.56. The van der Waals surface area contributed by atoms with Gasteiger partial charge in [0, 0.05) is 57.6 Å². The summed E-state index contributed by atoms with van der Waals surface area (Å²) in [6.07, 6.45) is 3.51. The maximum absolute atomic E-state index is 14.5. The number of nitrogens with zero attached hydrogens (tertiary/aromatic N) is 1. The van der Waals surface area contributed by atoms with Gasteiger partial charge in [0.15, 0.2) is 5.78 Å². The number of carbonyl (C=O) groups is 5. The van der Waals surface area contributed by atoms with Crippen molar-refractivity contribution in [3.05, 3.63) is 52.1 Å². The maximum Gasteiger partial charge on any atom is 0.329 e. The predicted octanol–water partition coefficient (Wildman–Crippen LogP) is 6.70. The number of amides is 1. The molecule has 15 heteroatoms. The number of benzene rings is 1. The number of aromatic hydroxyl groups is 1. The van der Waals surface area contributed by atoms with Gasteiger partial charge in [-0.15, -0.1) is 0 Å². The number of rotatable bonds is 10. The van der Waals surface area contributed by atoms with Crippen LogP contribution in [0.15, 0.2) is 35.4 Å². The van der Waals surface area contributed by atoms with E-state index in [0.717, 1.165) is 5.57 Å². The van der Waals surface area contributed by atoms with E-state index < -0.39 is 77.8 Å². The Balaban J connectivity index is 1.44. The summed E-state index contributed by atoms with van der Waals surface area (Å²) >= 11 is 0. The first-order valence-corrected chi connectivity index (χ1v) is 24.7. The summed E-state index contributed by atoms with van der Waals surface area (Å²) in [5.74, 6) is -7.88. The number of allylic oxidation sites excluding steroid dienone is 3. The molecule has 15 nitrogen and oxygen atoms in total. The highest BCUT2D eigenvalue weighted by Crippen LogP contribution is 2.39. The lowest BCUT2D eigenvalue weighted by atomic mass is 9.81. The molecule has 380 valence electrons. The van der Waals surface area contributed by atoms with Crippen molar-refractivity contribution in [1.29, 1.82) is 0 Å². The number of phenols is 1. The van der Waals surface area contributed by atoms with Crippen molar-refractivity contribution in [2.75, 3.05) is 34.5 Å². The molecule has 3 fully saturated rings. The predicted molar refractivity (Wildman–Crippen MR) is 254 cm³/mol. The Bertz CT molecular complexity index is 1990. The molecule has 2 bridgehead atoms. The van der Waals surface area contributed by atoms with Crippen molar-refractivity contribution in [3.8, 4) is 5.75 Å². The molecular formula is C53H79NO14. The van der Waals surface area contributed by atoms with Gasteiger partial charge in [0.25, 0.3) is 11.7 Å². The summed E-state index contributed by atoms with van der Waals surface area (Å²) in [5, 5.41) is 34.2. The van der Waals surface area contributed by atoms with E-state index in [1.807, 2.05) is 39.8 Å². The molecule has 1 aromatic rings. The molecule has 2 saturated heterocycles. The number of hydrogen-bond acceptors (Lipinski definition) is 14. The number of Topliss-reactive ketones (excluding diaryl/α,β-unsaturated/α-hetero) is 3. The molecule has 14 atom stereocenters. The van der Waals surface area contributed by atoms with E-state index in [1.165, 1.54) is 19.1 Å². The van der Waals surface area contributed by atoms with Gasteiger partial charge in [0.1, 0.15) is 36.4 Å². The molecule has 1 aliphatic carbocycles. The molecule has 3 N–H and O–H groups in total. The number of phenolic OH excluding ortho intramolecular Hbond substituents is 1. The maximum atomic E-state index is 14.5. The van der Waals surface area contributed by atoms with Crippen LogP contribution in [0.25, 0.3) is 0 Å². The van der Waals surface area contributed by atoms with Crippen LogP contribution >= 0.6 is 0 Å². The summed E-state index contributed by atoms with van der Waals surface area (Å²) in [6, 6.07) is 2.12. The highest BCUT2D eigenvalue weighted by molar-refractivity contribution is 6.39. The van der Waals surface area contributed by atoms with Crippen LogP contribution < -0.4 is 0 Å². The number of ether oxygens (including phenoxy) is 6. The molecule has 1 amide bonds. The Morgan fingerprint density at radius 2 is 1.53 bits per heavy atom. The van der Waals surface area contributed by atoms with Crippen molar-refractivity contribution in [1.82, 2.24) is 4.90 Å². The minimum absolute atomic E-state index is 0.0125. The molecule has 1 saturated carbocycles. The lowest BCUT2D eigenvalue weighted by Crippen LogP contribution is -2.64. The van der Waals surface area contributed by atoms with Gasteiger partial charge in [0.2, 0.25) is 5.79 Å². The summed E-state index contributed by atoms with van der Waals surface area (Å²) in [6.45, 7) is 14.5. The average Bonchev–Trinajstić information content (AvgIpc) is 3.31. The van der Waals surface area contributed by atoms with Crippen LogP contribution in [0, 0.1) is 43.4 Å². The van der Waals surface area contributed by atoms with Gasteiger partial charge >= 0.3 is 5.97 Å². The second kappa shape index (κ2) is 24.3. The number of carbonyl (C=O) groups excluding carboxylic acids is 5. The highest BCUT2D eigenvalue weighted by atomic mass is 16.7. The van der Waals surface area contributed by atoms with E-state index in [0.29, 0.717) is 73.6 Å². The first-order chi connectivity index (χ1) is 32.2. The average molecular weight is 954 g/mol. The Morgan fingerprint density at radius 1 is 0.882 bits per heavy atom. The number of fused-ring (bicyclic) bond motifs is 3. The molecule has 4 aliphatic rings. The molecular weight excluding hydrogens is 875 g/mol. The first kappa shape index (κ1) is 55.1. The van der Waals surface area contributed by atoms with Crippen LogP contribution in [0.3, 0.4) is 0 Å². The van der Waals surface area contributed by atoms with Crippen molar-refractivity contribution >= 4 is 29.2 Å². The third-order valence-corrected chi connectivity index (χ3v) is 15.1. The van der Waals surface area contributed by atoms with Crippen molar-refractivity contribution in [2.45, 2.75) is 181 Å². The second-order valence-electron chi connectivity index (χ2n) is 20.3. The number of aliphatic hydroxyl groups is 2. The summed E-state index contributed by atoms with van der Waals surface area (Å²) in [7, 11) is 4.65. The largest absolute Gasteiger partial charge is 0.507 e. The number of ketones is 3.